The van der Waals surface area contributed by atoms with Gasteiger partial charge in [0.1, 0.15) is 5.75 Å². The molecule has 0 saturated heterocycles. The van der Waals surface area contributed by atoms with Crippen LogP contribution in [-0.2, 0) is 26.1 Å². The Labute approximate surface area is 247 Å². The molecule has 1 N–H and O–H groups in total. The molecule has 0 saturated carbocycles. The van der Waals surface area contributed by atoms with Gasteiger partial charge in [0.2, 0.25) is 5.91 Å². The van der Waals surface area contributed by atoms with Crippen LogP contribution in [0.3, 0.4) is 0 Å². The van der Waals surface area contributed by atoms with Gasteiger partial charge in [0.05, 0.1) is 23.7 Å². The highest BCUT2D eigenvalue weighted by Crippen LogP contribution is 2.32. The Morgan fingerprint density at radius 1 is 0.976 bits per heavy atom. The second-order valence-corrected chi connectivity index (χ2v) is 12.8. The monoisotopic (exact) mass is 591 g/mol. The Morgan fingerprint density at radius 3 is 2.31 bits per heavy atom. The average molecular weight is 592 g/mol. The lowest BCUT2D eigenvalue weighted by atomic mass is 9.93. The van der Waals surface area contributed by atoms with Gasteiger partial charge in [0.25, 0.3) is 10.1 Å². The van der Waals surface area contributed by atoms with Gasteiger partial charge in [-0.25, -0.2) is 9.97 Å². The van der Waals surface area contributed by atoms with Crippen molar-refractivity contribution in [3.8, 4) is 22.9 Å². The molecular weight excluding hydrogens is 554 g/mol. The van der Waals surface area contributed by atoms with Crippen molar-refractivity contribution < 1.29 is 22.1 Å². The first kappa shape index (κ1) is 30.9. The zero-order valence-corrected chi connectivity index (χ0v) is 25.4. The van der Waals surface area contributed by atoms with Gasteiger partial charge in [-0.05, 0) is 44.4 Å². The van der Waals surface area contributed by atoms with Crippen molar-refractivity contribution in [1.82, 2.24) is 25.1 Å². The second-order valence-electron chi connectivity index (χ2n) is 11.2. The fourth-order valence-corrected chi connectivity index (χ4v) is 5.06. The summed E-state index contributed by atoms with van der Waals surface area (Å²) in [5.41, 5.74) is 2.83. The molecule has 222 valence electrons. The smallest absolute Gasteiger partial charge is 0.321 e. The second kappa shape index (κ2) is 13.3. The first-order valence-corrected chi connectivity index (χ1v) is 15.2. The van der Waals surface area contributed by atoms with E-state index in [0.29, 0.717) is 25.0 Å². The third-order valence-corrected chi connectivity index (χ3v) is 7.91. The van der Waals surface area contributed by atoms with E-state index in [2.05, 4.69) is 20.4 Å². The van der Waals surface area contributed by atoms with E-state index >= 15 is 0 Å². The molecule has 42 heavy (non-hydrogen) atoms. The van der Waals surface area contributed by atoms with Crippen LogP contribution in [0.4, 0.5) is 0 Å². The number of carbonyl (C=O) groups is 1. The van der Waals surface area contributed by atoms with E-state index in [0.717, 1.165) is 22.3 Å². The number of hydrogen-bond donors (Lipinski definition) is 1. The molecule has 0 aliphatic carbocycles. The van der Waals surface area contributed by atoms with E-state index in [4.69, 9.17) is 8.92 Å². The van der Waals surface area contributed by atoms with Crippen molar-refractivity contribution in [3.05, 3.63) is 84.4 Å². The Balaban J connectivity index is 1.45. The minimum atomic E-state index is -3.84. The summed E-state index contributed by atoms with van der Waals surface area (Å²) in [5, 5.41) is 7.32. The summed E-state index contributed by atoms with van der Waals surface area (Å²) in [7, 11) is -2.00. The number of benzene rings is 2. The van der Waals surface area contributed by atoms with Crippen molar-refractivity contribution in [2.45, 2.75) is 57.9 Å². The minimum Gasteiger partial charge on any atom is -0.424 e. The van der Waals surface area contributed by atoms with Crippen LogP contribution < -0.4 is 10.1 Å². The van der Waals surface area contributed by atoms with Crippen LogP contribution in [0.2, 0.25) is 0 Å². The normalized spacial score (nSPS) is 12.6. The van der Waals surface area contributed by atoms with Gasteiger partial charge in [-0.1, -0.05) is 56.7 Å². The molecule has 0 aliphatic rings. The summed E-state index contributed by atoms with van der Waals surface area (Å²) in [6, 6.07) is 13.7. The lowest BCUT2D eigenvalue weighted by molar-refractivity contribution is -0.129. The number of hydrogen-bond acceptors (Lipinski definition) is 8. The third-order valence-electron chi connectivity index (χ3n) is 6.58. The van der Waals surface area contributed by atoms with Crippen molar-refractivity contribution >= 4 is 16.0 Å². The topological polar surface area (TPSA) is 125 Å². The van der Waals surface area contributed by atoms with E-state index in [1.807, 2.05) is 59.1 Å². The zero-order valence-electron chi connectivity index (χ0n) is 24.6. The van der Waals surface area contributed by atoms with Crippen molar-refractivity contribution in [2.75, 3.05) is 6.61 Å². The first-order chi connectivity index (χ1) is 19.9. The number of nitrogens with zero attached hydrogens (tertiary/aromatic N) is 4. The van der Waals surface area contributed by atoms with Crippen molar-refractivity contribution in [1.29, 1.82) is 0 Å². The molecular formula is C31H37N5O5S. The summed E-state index contributed by atoms with van der Waals surface area (Å²) < 4.78 is 38.1. The van der Waals surface area contributed by atoms with E-state index < -0.39 is 21.6 Å². The maximum absolute atomic E-state index is 13.0. The van der Waals surface area contributed by atoms with Crippen LogP contribution in [0, 0.1) is 12.3 Å². The molecule has 1 atom stereocenters. The highest BCUT2D eigenvalue weighted by molar-refractivity contribution is 7.86. The summed E-state index contributed by atoms with van der Waals surface area (Å²) in [6.07, 6.45) is 8.58. The zero-order chi connectivity index (χ0) is 30.3. The number of amides is 1. The number of rotatable bonds is 12. The number of nitrogens with one attached hydrogen (secondary N) is 1. The van der Waals surface area contributed by atoms with Gasteiger partial charge in [-0.15, -0.1) is 0 Å². The van der Waals surface area contributed by atoms with E-state index in [9.17, 15) is 13.2 Å². The van der Waals surface area contributed by atoms with Crippen LogP contribution >= 0.6 is 0 Å². The molecule has 0 spiro atoms. The number of para-hydroxylation sites is 1. The molecule has 2 aromatic heterocycles. The highest BCUT2D eigenvalue weighted by atomic mass is 32.2. The largest absolute Gasteiger partial charge is 0.424 e. The van der Waals surface area contributed by atoms with Gasteiger partial charge in [-0.2, -0.15) is 13.5 Å². The molecule has 4 aromatic rings. The molecule has 2 heterocycles. The summed E-state index contributed by atoms with van der Waals surface area (Å²) >= 11 is 0. The fraction of sp³-hybridized carbons (Fsp3) is 0.355. The lowest BCUT2D eigenvalue weighted by Gasteiger charge is -2.26. The van der Waals surface area contributed by atoms with Gasteiger partial charge >= 0.3 is 6.01 Å². The molecule has 0 aliphatic heterocycles. The molecule has 4 rings (SSSR count). The summed E-state index contributed by atoms with van der Waals surface area (Å²) in [4.78, 5) is 21.9. The summed E-state index contributed by atoms with van der Waals surface area (Å²) in [5.74, 6) is 0.404. The number of unbranched alkanes of at least 4 members (excludes halogenated alkanes) is 1. The van der Waals surface area contributed by atoms with E-state index in [1.54, 1.807) is 41.5 Å². The maximum atomic E-state index is 13.0. The lowest BCUT2D eigenvalue weighted by Crippen LogP contribution is -2.37. The third kappa shape index (κ3) is 8.23. The number of ether oxygens (including phenoxy) is 1. The standard InChI is InChI=1S/C31H37N5O5S/c1-22-13-15-25(16-14-22)42(38,39)40-17-9-8-11-27(35-29(37)31(2,3)4)26-10-6-7-12-28(26)41-30-32-18-23(19-33-30)24-20-34-36(5)21-24/h6-7,10,12-16,18-21,27H,8-9,11,17H2,1-5H3,(H,35,37). The Bertz CT molecular complexity index is 1590. The van der Waals surface area contributed by atoms with Gasteiger partial charge in [0.15, 0.2) is 0 Å². The van der Waals surface area contributed by atoms with Gasteiger partial charge in [0, 0.05) is 47.7 Å². The molecule has 1 amide bonds. The molecule has 0 bridgehead atoms. The van der Waals surface area contributed by atoms with Crippen LogP contribution in [0.5, 0.6) is 11.8 Å². The SMILES string of the molecule is Cc1ccc(S(=O)(=O)OCCCCC(NC(=O)C(C)(C)C)c2ccccc2Oc2ncc(-c3cnn(C)c3)cn2)cc1. The Hall–Kier alpha value is -4.09. The molecule has 0 radical (unpaired) electrons. The average Bonchev–Trinajstić information content (AvgIpc) is 3.39. The van der Waals surface area contributed by atoms with Gasteiger partial charge in [-0.3, -0.25) is 13.7 Å². The maximum Gasteiger partial charge on any atom is 0.321 e. The predicted octanol–water partition coefficient (Wildman–Crippen LogP) is 5.76. The number of carbonyl (C=O) groups excluding carboxylic acids is 1. The highest BCUT2D eigenvalue weighted by Gasteiger charge is 2.26. The quantitative estimate of drug-likeness (QED) is 0.163. The first-order valence-electron chi connectivity index (χ1n) is 13.8. The Kier molecular flexibility index (Phi) is 9.74. The van der Waals surface area contributed by atoms with E-state index in [-0.39, 0.29) is 23.4 Å². The minimum absolute atomic E-state index is 0.0332. The number of aryl methyl sites for hydroxylation is 2. The molecule has 1 unspecified atom stereocenters. The van der Waals surface area contributed by atoms with Crippen LogP contribution in [0.15, 0.2) is 78.2 Å². The van der Waals surface area contributed by atoms with Gasteiger partial charge < -0.3 is 10.1 Å². The molecule has 11 heteroatoms. The predicted molar refractivity (Wildman–Crippen MR) is 159 cm³/mol. The van der Waals surface area contributed by atoms with E-state index in [1.165, 1.54) is 12.1 Å². The van der Waals surface area contributed by atoms with Crippen LogP contribution in [0.25, 0.3) is 11.1 Å². The van der Waals surface area contributed by atoms with Crippen LogP contribution in [0.1, 0.15) is 57.2 Å². The fourth-order valence-electron chi connectivity index (χ4n) is 4.12. The Morgan fingerprint density at radius 2 is 1.67 bits per heavy atom. The molecule has 0 fully saturated rings. The summed E-state index contributed by atoms with van der Waals surface area (Å²) in [6.45, 7) is 7.48. The molecule has 10 nitrogen and oxygen atoms in total. The number of aromatic nitrogens is 4. The van der Waals surface area contributed by atoms with Crippen molar-refractivity contribution in [2.24, 2.45) is 12.5 Å². The molecule has 2 aromatic carbocycles. The van der Waals surface area contributed by atoms with Crippen molar-refractivity contribution in [3.63, 3.8) is 0 Å². The van der Waals surface area contributed by atoms with Crippen LogP contribution in [-0.4, -0.2) is 40.7 Å².